The molecule has 0 aromatic heterocycles. The maximum Gasteiger partial charge on any atom is 0.236 e. The van der Waals surface area contributed by atoms with Crippen molar-refractivity contribution in [2.45, 2.75) is 23.8 Å². The highest BCUT2D eigenvalue weighted by molar-refractivity contribution is 7.99. The van der Waals surface area contributed by atoms with Crippen LogP contribution in [0.3, 0.4) is 0 Å². The van der Waals surface area contributed by atoms with Crippen LogP contribution in [0.4, 0.5) is 0 Å². The number of nitrogens with two attached hydrogens (primary N) is 1. The molecule has 18 heavy (non-hydrogen) atoms. The second-order valence-corrected chi connectivity index (χ2v) is 5.89. The molecule has 0 radical (unpaired) electrons. The van der Waals surface area contributed by atoms with Gasteiger partial charge in [0, 0.05) is 24.1 Å². The molecule has 1 aromatic carbocycles. The first-order chi connectivity index (χ1) is 8.79. The van der Waals surface area contributed by atoms with Gasteiger partial charge in [-0.15, -0.1) is 0 Å². The Kier molecular flexibility index (Phi) is 5.08. The third-order valence-electron chi connectivity index (χ3n) is 3.23. The van der Waals surface area contributed by atoms with Crippen LogP contribution in [0.15, 0.2) is 30.3 Å². The van der Waals surface area contributed by atoms with Crippen molar-refractivity contribution in [3.05, 3.63) is 35.9 Å². The normalized spacial score (nSPS) is 19.8. The van der Waals surface area contributed by atoms with Crippen molar-refractivity contribution < 1.29 is 4.79 Å². The quantitative estimate of drug-likeness (QED) is 0.903. The van der Waals surface area contributed by atoms with Crippen molar-refractivity contribution in [1.82, 2.24) is 4.90 Å². The van der Waals surface area contributed by atoms with Gasteiger partial charge in [-0.2, -0.15) is 11.8 Å². The minimum atomic E-state index is 0.0833. The van der Waals surface area contributed by atoms with Gasteiger partial charge in [-0.1, -0.05) is 30.3 Å². The maximum atomic E-state index is 11.6. The number of likely N-dealkylation sites (tertiary alicyclic amines) is 1. The summed E-state index contributed by atoms with van der Waals surface area (Å²) < 4.78 is 0. The van der Waals surface area contributed by atoms with E-state index in [1.807, 2.05) is 22.7 Å². The second-order valence-electron chi connectivity index (χ2n) is 4.60. The molecule has 98 valence electrons. The van der Waals surface area contributed by atoms with Crippen LogP contribution in [-0.4, -0.2) is 35.7 Å². The fraction of sp³-hybridized carbons (Fsp3) is 0.500. The number of benzene rings is 1. The zero-order chi connectivity index (χ0) is 12.8. The molecule has 1 saturated heterocycles. The van der Waals surface area contributed by atoms with Gasteiger partial charge in [-0.3, -0.25) is 4.79 Å². The molecule has 3 nitrogen and oxygen atoms in total. The van der Waals surface area contributed by atoms with Crippen molar-refractivity contribution >= 4 is 17.7 Å². The van der Waals surface area contributed by atoms with Crippen molar-refractivity contribution in [2.24, 2.45) is 5.73 Å². The van der Waals surface area contributed by atoms with E-state index in [9.17, 15) is 4.79 Å². The van der Waals surface area contributed by atoms with E-state index in [1.165, 1.54) is 12.0 Å². The summed E-state index contributed by atoms with van der Waals surface area (Å²) >= 11 is 1.95. The number of hydrogen-bond donors (Lipinski definition) is 1. The van der Waals surface area contributed by atoms with E-state index in [1.54, 1.807) is 0 Å². The largest absolute Gasteiger partial charge is 0.340 e. The SMILES string of the molecule is NCC(=O)N1CCCC(SCc2ccccc2)C1. The van der Waals surface area contributed by atoms with Gasteiger partial charge in [-0.05, 0) is 18.4 Å². The minimum absolute atomic E-state index is 0.0833. The summed E-state index contributed by atoms with van der Waals surface area (Å²) in [6, 6.07) is 10.5. The Hall–Kier alpha value is -1.00. The van der Waals surface area contributed by atoms with Crippen LogP contribution in [0.25, 0.3) is 0 Å². The van der Waals surface area contributed by atoms with Crippen molar-refractivity contribution in [2.75, 3.05) is 19.6 Å². The van der Waals surface area contributed by atoms with Crippen LogP contribution in [0, 0.1) is 0 Å². The predicted molar refractivity (Wildman–Crippen MR) is 76.4 cm³/mol. The Bertz CT molecular complexity index is 383. The molecule has 1 aliphatic rings. The summed E-state index contributed by atoms with van der Waals surface area (Å²) in [5.74, 6) is 1.11. The van der Waals surface area contributed by atoms with Gasteiger partial charge in [0.25, 0.3) is 0 Å². The Morgan fingerprint density at radius 3 is 2.89 bits per heavy atom. The number of thioether (sulfide) groups is 1. The van der Waals surface area contributed by atoms with Gasteiger partial charge < -0.3 is 10.6 Å². The molecular weight excluding hydrogens is 244 g/mol. The molecule has 1 unspecified atom stereocenters. The summed E-state index contributed by atoms with van der Waals surface area (Å²) in [7, 11) is 0. The maximum absolute atomic E-state index is 11.6. The lowest BCUT2D eigenvalue weighted by molar-refractivity contribution is -0.130. The molecule has 0 bridgehead atoms. The fourth-order valence-corrected chi connectivity index (χ4v) is 3.46. The molecule has 2 rings (SSSR count). The highest BCUT2D eigenvalue weighted by Crippen LogP contribution is 2.25. The second kappa shape index (κ2) is 6.81. The zero-order valence-electron chi connectivity index (χ0n) is 10.5. The Balaban J connectivity index is 1.81. The smallest absolute Gasteiger partial charge is 0.236 e. The number of nitrogens with zero attached hydrogens (tertiary/aromatic N) is 1. The van der Waals surface area contributed by atoms with E-state index < -0.39 is 0 Å². The van der Waals surface area contributed by atoms with Gasteiger partial charge in [0.1, 0.15) is 0 Å². The average Bonchev–Trinajstić information content (AvgIpc) is 2.45. The number of rotatable bonds is 4. The van der Waals surface area contributed by atoms with Gasteiger partial charge in [0.15, 0.2) is 0 Å². The Labute approximate surface area is 113 Å². The van der Waals surface area contributed by atoms with E-state index in [0.717, 1.165) is 25.3 Å². The lowest BCUT2D eigenvalue weighted by atomic mass is 10.1. The number of carbonyl (C=O) groups is 1. The van der Waals surface area contributed by atoms with Crippen molar-refractivity contribution in [3.63, 3.8) is 0 Å². The molecule has 1 fully saturated rings. The number of amides is 1. The van der Waals surface area contributed by atoms with E-state index in [2.05, 4.69) is 24.3 Å². The van der Waals surface area contributed by atoms with E-state index in [0.29, 0.717) is 5.25 Å². The van der Waals surface area contributed by atoms with E-state index in [-0.39, 0.29) is 12.5 Å². The third-order valence-corrected chi connectivity index (χ3v) is 4.59. The summed E-state index contributed by atoms with van der Waals surface area (Å²) in [5.41, 5.74) is 6.77. The van der Waals surface area contributed by atoms with Crippen LogP contribution < -0.4 is 5.73 Å². The van der Waals surface area contributed by atoms with E-state index >= 15 is 0 Å². The summed E-state index contributed by atoms with van der Waals surface area (Å²) in [5, 5.41) is 0.550. The van der Waals surface area contributed by atoms with Gasteiger partial charge in [0.2, 0.25) is 5.91 Å². The van der Waals surface area contributed by atoms with Crippen molar-refractivity contribution in [1.29, 1.82) is 0 Å². The van der Waals surface area contributed by atoms with Crippen LogP contribution in [0.2, 0.25) is 0 Å². The minimum Gasteiger partial charge on any atom is -0.340 e. The van der Waals surface area contributed by atoms with Gasteiger partial charge in [0.05, 0.1) is 6.54 Å². The highest BCUT2D eigenvalue weighted by atomic mass is 32.2. The first-order valence-corrected chi connectivity index (χ1v) is 7.48. The molecule has 4 heteroatoms. The monoisotopic (exact) mass is 264 g/mol. The molecule has 1 aliphatic heterocycles. The van der Waals surface area contributed by atoms with Crippen LogP contribution in [0.5, 0.6) is 0 Å². The molecule has 0 spiro atoms. The topological polar surface area (TPSA) is 46.3 Å². The molecule has 0 saturated carbocycles. The molecule has 1 heterocycles. The third kappa shape index (κ3) is 3.75. The summed E-state index contributed by atoms with van der Waals surface area (Å²) in [6.07, 6.45) is 2.30. The highest BCUT2D eigenvalue weighted by Gasteiger charge is 2.22. The van der Waals surface area contributed by atoms with Gasteiger partial charge in [-0.25, -0.2) is 0 Å². The Morgan fingerprint density at radius 2 is 2.17 bits per heavy atom. The van der Waals surface area contributed by atoms with Gasteiger partial charge >= 0.3 is 0 Å². The zero-order valence-corrected chi connectivity index (χ0v) is 11.4. The molecule has 1 amide bonds. The number of piperidine rings is 1. The standard InChI is InChI=1S/C14H20N2OS/c15-9-14(17)16-8-4-7-13(10-16)18-11-12-5-2-1-3-6-12/h1-3,5-6,13H,4,7-11,15H2. The molecule has 1 aromatic rings. The first kappa shape index (κ1) is 13.4. The van der Waals surface area contributed by atoms with E-state index in [4.69, 9.17) is 5.73 Å². The first-order valence-electron chi connectivity index (χ1n) is 6.43. The summed E-state index contributed by atoms with van der Waals surface area (Å²) in [4.78, 5) is 13.5. The Morgan fingerprint density at radius 1 is 1.39 bits per heavy atom. The van der Waals surface area contributed by atoms with Crippen molar-refractivity contribution in [3.8, 4) is 0 Å². The lowest BCUT2D eigenvalue weighted by Gasteiger charge is -2.32. The predicted octanol–water partition coefficient (Wildman–Crippen LogP) is 1.87. The molecule has 2 N–H and O–H groups in total. The molecule has 1 atom stereocenters. The van der Waals surface area contributed by atoms with Crippen LogP contribution in [-0.2, 0) is 10.5 Å². The fourth-order valence-electron chi connectivity index (χ4n) is 2.22. The lowest BCUT2D eigenvalue weighted by Crippen LogP contribution is -2.43. The summed E-state index contributed by atoms with van der Waals surface area (Å²) in [6.45, 7) is 1.86. The molecular formula is C14H20N2OS. The van der Waals surface area contributed by atoms with Crippen LogP contribution in [0.1, 0.15) is 18.4 Å². The number of carbonyl (C=O) groups excluding carboxylic acids is 1. The molecule has 0 aliphatic carbocycles. The van der Waals surface area contributed by atoms with Crippen LogP contribution >= 0.6 is 11.8 Å². The average molecular weight is 264 g/mol. The number of hydrogen-bond acceptors (Lipinski definition) is 3.